The number of nitrogens with zero attached hydrogens (tertiary/aromatic N) is 2. The molecule has 1 amide bonds. The van der Waals surface area contributed by atoms with E-state index in [2.05, 4.69) is 18.8 Å². The van der Waals surface area contributed by atoms with Crippen LogP contribution in [0.2, 0.25) is 5.15 Å². The van der Waals surface area contributed by atoms with Gasteiger partial charge in [0, 0.05) is 24.7 Å². The van der Waals surface area contributed by atoms with Crippen LogP contribution in [0, 0.1) is 11.8 Å². The zero-order valence-corrected chi connectivity index (χ0v) is 12.4. The summed E-state index contributed by atoms with van der Waals surface area (Å²) in [6, 6.07) is 7.66. The Morgan fingerprint density at radius 2 is 1.80 bits per heavy atom. The van der Waals surface area contributed by atoms with Gasteiger partial charge < -0.3 is 4.90 Å². The Balaban J connectivity index is 2.03. The first kappa shape index (κ1) is 13.4. The summed E-state index contributed by atoms with van der Waals surface area (Å²) >= 11 is 6.10. The molecule has 2 atom stereocenters. The third kappa shape index (κ3) is 2.16. The molecule has 1 saturated heterocycles. The van der Waals surface area contributed by atoms with E-state index in [1.165, 1.54) is 0 Å². The number of benzene rings is 1. The minimum Gasteiger partial charge on any atom is -0.338 e. The van der Waals surface area contributed by atoms with E-state index in [4.69, 9.17) is 11.6 Å². The van der Waals surface area contributed by atoms with Gasteiger partial charge in [0.25, 0.3) is 5.91 Å². The second-order valence-electron chi connectivity index (χ2n) is 5.67. The highest BCUT2D eigenvalue weighted by molar-refractivity contribution is 6.34. The van der Waals surface area contributed by atoms with Crippen LogP contribution in [0.15, 0.2) is 30.5 Å². The van der Waals surface area contributed by atoms with Crippen LogP contribution in [-0.2, 0) is 0 Å². The fraction of sp³-hybridized carbons (Fsp3) is 0.375. The van der Waals surface area contributed by atoms with E-state index in [0.29, 0.717) is 22.6 Å². The van der Waals surface area contributed by atoms with Crippen molar-refractivity contribution in [3.05, 3.63) is 41.2 Å². The van der Waals surface area contributed by atoms with Gasteiger partial charge in [-0.05, 0) is 17.2 Å². The molecular weight excluding hydrogens is 272 g/mol. The van der Waals surface area contributed by atoms with Gasteiger partial charge in [0.15, 0.2) is 0 Å². The van der Waals surface area contributed by atoms with Crippen molar-refractivity contribution in [3.8, 4) is 0 Å². The van der Waals surface area contributed by atoms with Gasteiger partial charge in [-0.2, -0.15) is 0 Å². The SMILES string of the molecule is CC1CN(C(=O)c2cnc(Cl)c3ccccc23)CC1C. The van der Waals surface area contributed by atoms with E-state index in [-0.39, 0.29) is 5.91 Å². The van der Waals surface area contributed by atoms with E-state index in [1.807, 2.05) is 29.2 Å². The highest BCUT2D eigenvalue weighted by Gasteiger charge is 2.30. The summed E-state index contributed by atoms with van der Waals surface area (Å²) in [6.07, 6.45) is 1.60. The van der Waals surface area contributed by atoms with E-state index in [0.717, 1.165) is 23.9 Å². The second kappa shape index (κ2) is 5.06. The number of aromatic nitrogens is 1. The molecule has 2 unspecified atom stereocenters. The summed E-state index contributed by atoms with van der Waals surface area (Å²) in [4.78, 5) is 18.8. The minimum absolute atomic E-state index is 0.0570. The van der Waals surface area contributed by atoms with Crippen molar-refractivity contribution >= 4 is 28.3 Å². The van der Waals surface area contributed by atoms with Crippen molar-refractivity contribution in [2.75, 3.05) is 13.1 Å². The normalized spacial score (nSPS) is 22.4. The van der Waals surface area contributed by atoms with Crippen LogP contribution >= 0.6 is 11.6 Å². The number of hydrogen-bond acceptors (Lipinski definition) is 2. The first-order chi connectivity index (χ1) is 9.58. The maximum atomic E-state index is 12.7. The largest absolute Gasteiger partial charge is 0.338 e. The number of carbonyl (C=O) groups is 1. The predicted molar refractivity (Wildman–Crippen MR) is 81.0 cm³/mol. The molecule has 0 spiro atoms. The molecule has 104 valence electrons. The Labute approximate surface area is 123 Å². The lowest BCUT2D eigenvalue weighted by Gasteiger charge is -2.17. The van der Waals surface area contributed by atoms with Gasteiger partial charge in [-0.1, -0.05) is 49.7 Å². The number of halogens is 1. The van der Waals surface area contributed by atoms with Crippen molar-refractivity contribution in [2.45, 2.75) is 13.8 Å². The Hall–Kier alpha value is -1.61. The van der Waals surface area contributed by atoms with E-state index < -0.39 is 0 Å². The summed E-state index contributed by atoms with van der Waals surface area (Å²) in [5.74, 6) is 1.15. The molecular formula is C16H17ClN2O. The molecule has 2 heterocycles. The van der Waals surface area contributed by atoms with Crippen molar-refractivity contribution in [1.29, 1.82) is 0 Å². The van der Waals surface area contributed by atoms with Gasteiger partial charge in [0.1, 0.15) is 5.15 Å². The smallest absolute Gasteiger partial charge is 0.256 e. The average molecular weight is 289 g/mol. The van der Waals surface area contributed by atoms with Crippen molar-refractivity contribution in [1.82, 2.24) is 9.88 Å². The Morgan fingerprint density at radius 1 is 1.20 bits per heavy atom. The second-order valence-corrected chi connectivity index (χ2v) is 6.03. The lowest BCUT2D eigenvalue weighted by atomic mass is 10.0. The quantitative estimate of drug-likeness (QED) is 0.751. The minimum atomic E-state index is 0.0570. The third-order valence-electron chi connectivity index (χ3n) is 4.25. The molecule has 0 bridgehead atoms. The highest BCUT2D eigenvalue weighted by Crippen LogP contribution is 2.28. The average Bonchev–Trinajstić information content (AvgIpc) is 2.79. The molecule has 1 fully saturated rings. The van der Waals surface area contributed by atoms with Crippen LogP contribution in [0.4, 0.5) is 0 Å². The maximum absolute atomic E-state index is 12.7. The molecule has 1 aromatic carbocycles. The van der Waals surface area contributed by atoms with Crippen LogP contribution in [0.25, 0.3) is 10.8 Å². The molecule has 0 aliphatic carbocycles. The van der Waals surface area contributed by atoms with Crippen LogP contribution in [0.1, 0.15) is 24.2 Å². The molecule has 3 nitrogen and oxygen atoms in total. The van der Waals surface area contributed by atoms with Gasteiger partial charge in [-0.15, -0.1) is 0 Å². The fourth-order valence-electron chi connectivity index (χ4n) is 2.79. The van der Waals surface area contributed by atoms with Crippen LogP contribution in [-0.4, -0.2) is 28.9 Å². The molecule has 20 heavy (non-hydrogen) atoms. The molecule has 1 aliphatic rings. The molecule has 0 radical (unpaired) electrons. The number of carbonyl (C=O) groups excluding carboxylic acids is 1. The van der Waals surface area contributed by atoms with E-state index in [1.54, 1.807) is 6.20 Å². The lowest BCUT2D eigenvalue weighted by molar-refractivity contribution is 0.0786. The van der Waals surface area contributed by atoms with Gasteiger partial charge in [0.2, 0.25) is 0 Å². The summed E-state index contributed by atoms with van der Waals surface area (Å²) in [5, 5.41) is 2.16. The number of amides is 1. The van der Waals surface area contributed by atoms with Gasteiger partial charge in [0.05, 0.1) is 5.56 Å². The number of likely N-dealkylation sites (tertiary alicyclic amines) is 1. The molecule has 0 N–H and O–H groups in total. The zero-order chi connectivity index (χ0) is 14.3. The monoisotopic (exact) mass is 288 g/mol. The first-order valence-electron chi connectivity index (χ1n) is 6.90. The molecule has 1 aromatic heterocycles. The van der Waals surface area contributed by atoms with Gasteiger partial charge in [-0.25, -0.2) is 4.98 Å². The van der Waals surface area contributed by atoms with Crippen LogP contribution in [0.5, 0.6) is 0 Å². The van der Waals surface area contributed by atoms with E-state index >= 15 is 0 Å². The standard InChI is InChI=1S/C16H17ClN2O/c1-10-8-19(9-11(10)2)16(20)14-7-18-15(17)13-6-4-3-5-12(13)14/h3-7,10-11H,8-9H2,1-2H3. The summed E-state index contributed by atoms with van der Waals surface area (Å²) in [7, 11) is 0. The Bertz CT molecular complexity index is 661. The molecule has 3 rings (SSSR count). The zero-order valence-electron chi connectivity index (χ0n) is 11.6. The third-order valence-corrected chi connectivity index (χ3v) is 4.55. The number of hydrogen-bond donors (Lipinski definition) is 0. The Morgan fingerprint density at radius 3 is 2.45 bits per heavy atom. The summed E-state index contributed by atoms with van der Waals surface area (Å²) in [6.45, 7) is 6.01. The number of rotatable bonds is 1. The topological polar surface area (TPSA) is 33.2 Å². The number of pyridine rings is 1. The molecule has 4 heteroatoms. The predicted octanol–water partition coefficient (Wildman–Crippen LogP) is 3.62. The first-order valence-corrected chi connectivity index (χ1v) is 7.28. The van der Waals surface area contributed by atoms with Gasteiger partial charge in [-0.3, -0.25) is 4.79 Å². The summed E-state index contributed by atoms with van der Waals surface area (Å²) in [5.41, 5.74) is 0.645. The summed E-state index contributed by atoms with van der Waals surface area (Å²) < 4.78 is 0. The highest BCUT2D eigenvalue weighted by atomic mass is 35.5. The maximum Gasteiger partial charge on any atom is 0.256 e. The van der Waals surface area contributed by atoms with Crippen molar-refractivity contribution in [2.24, 2.45) is 11.8 Å². The number of fused-ring (bicyclic) bond motifs is 1. The van der Waals surface area contributed by atoms with Crippen molar-refractivity contribution in [3.63, 3.8) is 0 Å². The molecule has 0 saturated carbocycles. The fourth-order valence-corrected chi connectivity index (χ4v) is 3.01. The lowest BCUT2D eigenvalue weighted by Crippen LogP contribution is -2.29. The Kier molecular flexibility index (Phi) is 3.38. The van der Waals surface area contributed by atoms with Crippen LogP contribution < -0.4 is 0 Å². The van der Waals surface area contributed by atoms with E-state index in [9.17, 15) is 4.79 Å². The van der Waals surface area contributed by atoms with Crippen molar-refractivity contribution < 1.29 is 4.79 Å². The van der Waals surface area contributed by atoms with Gasteiger partial charge >= 0.3 is 0 Å². The van der Waals surface area contributed by atoms with Crippen LogP contribution in [0.3, 0.4) is 0 Å². The molecule has 2 aromatic rings. The molecule has 1 aliphatic heterocycles.